The van der Waals surface area contributed by atoms with E-state index in [1.54, 1.807) is 11.0 Å². The van der Waals surface area contributed by atoms with Crippen LogP contribution in [-0.4, -0.2) is 41.6 Å². The molecular weight excluding hydrogens is 288 g/mol. The summed E-state index contributed by atoms with van der Waals surface area (Å²) >= 11 is 6.05. The number of carbonyl (C=O) groups excluding carboxylic acids is 1. The van der Waals surface area contributed by atoms with Crippen LogP contribution in [0.5, 0.6) is 0 Å². The third-order valence-electron chi connectivity index (χ3n) is 4.07. The van der Waals surface area contributed by atoms with Crippen LogP contribution in [0.3, 0.4) is 0 Å². The molecule has 110 valence electrons. The largest absolute Gasteiger partial charge is 0.376 e. The van der Waals surface area contributed by atoms with Crippen LogP contribution in [0.1, 0.15) is 23.7 Å². The fourth-order valence-electron chi connectivity index (χ4n) is 2.89. The van der Waals surface area contributed by atoms with Crippen molar-refractivity contribution in [2.75, 3.05) is 13.7 Å². The third kappa shape index (κ3) is 2.61. The van der Waals surface area contributed by atoms with Gasteiger partial charge in [-0.25, -0.2) is 4.98 Å². The van der Waals surface area contributed by atoms with E-state index in [-0.39, 0.29) is 18.1 Å². The average molecular weight is 305 g/mol. The van der Waals surface area contributed by atoms with E-state index < -0.39 is 0 Å². The van der Waals surface area contributed by atoms with Gasteiger partial charge in [-0.1, -0.05) is 29.8 Å². The second kappa shape index (κ2) is 5.62. The first kappa shape index (κ1) is 14.3. The zero-order valence-electron chi connectivity index (χ0n) is 12.0. The lowest BCUT2D eigenvalue weighted by atomic mass is 10.1. The predicted molar refractivity (Wildman–Crippen MR) is 82.7 cm³/mol. The van der Waals surface area contributed by atoms with Crippen molar-refractivity contribution in [1.82, 2.24) is 9.88 Å². The van der Waals surface area contributed by atoms with Crippen LogP contribution < -0.4 is 0 Å². The highest BCUT2D eigenvalue weighted by Gasteiger charge is 2.31. The first-order chi connectivity index (χ1) is 10.1. The predicted octanol–water partition coefficient (Wildman–Crippen LogP) is 3.14. The lowest BCUT2D eigenvalue weighted by Crippen LogP contribution is -2.41. The molecule has 0 aliphatic carbocycles. The summed E-state index contributed by atoms with van der Waals surface area (Å²) in [6, 6.07) is 9.28. The van der Waals surface area contributed by atoms with Gasteiger partial charge in [0.1, 0.15) is 5.15 Å². The molecule has 2 heterocycles. The summed E-state index contributed by atoms with van der Waals surface area (Å²) in [7, 11) is 1.82. The summed E-state index contributed by atoms with van der Waals surface area (Å²) < 4.78 is 5.55. The van der Waals surface area contributed by atoms with Gasteiger partial charge >= 0.3 is 0 Å². The molecule has 1 aliphatic heterocycles. The Morgan fingerprint density at radius 3 is 2.90 bits per heavy atom. The van der Waals surface area contributed by atoms with Crippen LogP contribution >= 0.6 is 11.6 Å². The maximum Gasteiger partial charge on any atom is 0.254 e. The molecule has 0 N–H and O–H groups in total. The molecule has 2 unspecified atom stereocenters. The minimum Gasteiger partial charge on any atom is -0.376 e. The summed E-state index contributed by atoms with van der Waals surface area (Å²) in [4.78, 5) is 18.8. The van der Waals surface area contributed by atoms with Crippen molar-refractivity contribution in [3.63, 3.8) is 0 Å². The highest BCUT2D eigenvalue weighted by atomic mass is 35.5. The van der Waals surface area contributed by atoms with E-state index in [9.17, 15) is 4.79 Å². The van der Waals surface area contributed by atoms with Crippen LogP contribution in [0, 0.1) is 0 Å². The number of fused-ring (bicyclic) bond motifs is 1. The van der Waals surface area contributed by atoms with Gasteiger partial charge in [0.2, 0.25) is 0 Å². The van der Waals surface area contributed by atoms with E-state index in [4.69, 9.17) is 16.3 Å². The van der Waals surface area contributed by atoms with Gasteiger partial charge in [-0.2, -0.15) is 0 Å². The molecular formula is C16H17ClN2O2. The van der Waals surface area contributed by atoms with E-state index in [0.717, 1.165) is 17.3 Å². The van der Waals surface area contributed by atoms with E-state index in [0.29, 0.717) is 17.3 Å². The van der Waals surface area contributed by atoms with Gasteiger partial charge in [-0.05, 0) is 25.5 Å². The van der Waals surface area contributed by atoms with E-state index in [2.05, 4.69) is 4.98 Å². The highest BCUT2D eigenvalue weighted by Crippen LogP contribution is 2.25. The Labute approximate surface area is 128 Å². The Kier molecular flexibility index (Phi) is 3.83. The Morgan fingerprint density at radius 1 is 1.43 bits per heavy atom. The zero-order chi connectivity index (χ0) is 15.0. The van der Waals surface area contributed by atoms with Crippen molar-refractivity contribution in [3.05, 3.63) is 41.0 Å². The second-order valence-corrected chi connectivity index (χ2v) is 5.74. The monoisotopic (exact) mass is 304 g/mol. The minimum absolute atomic E-state index is 0.0437. The molecule has 1 aliphatic rings. The number of likely N-dealkylation sites (N-methyl/N-ethyl adjacent to an activating group) is 1. The van der Waals surface area contributed by atoms with E-state index in [1.165, 1.54) is 0 Å². The maximum absolute atomic E-state index is 12.8. The summed E-state index contributed by atoms with van der Waals surface area (Å²) in [6.07, 6.45) is 0.919. The van der Waals surface area contributed by atoms with Crippen LogP contribution in [0.25, 0.3) is 10.9 Å². The number of nitrogens with zero attached hydrogens (tertiary/aromatic N) is 2. The minimum atomic E-state index is -0.0437. The van der Waals surface area contributed by atoms with Gasteiger partial charge in [-0.3, -0.25) is 4.79 Å². The number of rotatable bonds is 2. The Hall–Kier alpha value is -1.65. The molecule has 0 radical (unpaired) electrons. The lowest BCUT2D eigenvalue weighted by Gasteiger charge is -2.27. The van der Waals surface area contributed by atoms with Gasteiger partial charge in [-0.15, -0.1) is 0 Å². The molecule has 0 bridgehead atoms. The lowest BCUT2D eigenvalue weighted by molar-refractivity contribution is 0.0576. The Balaban J connectivity index is 2.01. The van der Waals surface area contributed by atoms with Gasteiger partial charge < -0.3 is 9.64 Å². The summed E-state index contributed by atoms with van der Waals surface area (Å²) in [5.74, 6) is -0.0437. The molecule has 0 saturated carbocycles. The molecule has 2 atom stereocenters. The fourth-order valence-corrected chi connectivity index (χ4v) is 3.09. The number of benzene rings is 1. The van der Waals surface area contributed by atoms with Crippen molar-refractivity contribution in [2.24, 2.45) is 0 Å². The summed E-state index contributed by atoms with van der Waals surface area (Å²) in [5, 5.41) is 1.16. The number of hydrogen-bond donors (Lipinski definition) is 0. The molecule has 2 aromatic rings. The van der Waals surface area contributed by atoms with Gasteiger partial charge in [0.25, 0.3) is 5.91 Å². The van der Waals surface area contributed by atoms with Crippen molar-refractivity contribution in [3.8, 4) is 0 Å². The van der Waals surface area contributed by atoms with Crippen molar-refractivity contribution in [1.29, 1.82) is 0 Å². The maximum atomic E-state index is 12.8. The summed E-state index contributed by atoms with van der Waals surface area (Å²) in [6.45, 7) is 2.69. The molecule has 0 spiro atoms. The number of amides is 1. The number of hydrogen-bond acceptors (Lipinski definition) is 3. The first-order valence-corrected chi connectivity index (χ1v) is 7.40. The van der Waals surface area contributed by atoms with Gasteiger partial charge in [0.15, 0.2) is 0 Å². The molecule has 3 rings (SSSR count). The number of para-hydroxylation sites is 1. The standard InChI is InChI=1S/C16H17ClN2O2/c1-10-14(7-8-21-10)19(2)16(20)12-9-15(17)18-13-6-4-3-5-11(12)13/h3-6,9-10,14H,7-8H2,1-2H3. The number of carbonyl (C=O) groups is 1. The normalized spacial score (nSPS) is 21.7. The van der Waals surface area contributed by atoms with E-state index >= 15 is 0 Å². The van der Waals surface area contributed by atoms with Gasteiger partial charge in [0, 0.05) is 19.0 Å². The van der Waals surface area contributed by atoms with Crippen molar-refractivity contribution < 1.29 is 9.53 Å². The number of aromatic nitrogens is 1. The SMILES string of the molecule is CC1OCCC1N(C)C(=O)c1cc(Cl)nc2ccccc12. The molecule has 4 nitrogen and oxygen atoms in total. The van der Waals surface area contributed by atoms with Gasteiger partial charge in [0.05, 0.1) is 23.2 Å². The molecule has 1 saturated heterocycles. The zero-order valence-corrected chi connectivity index (χ0v) is 12.8. The summed E-state index contributed by atoms with van der Waals surface area (Å²) in [5.41, 5.74) is 1.32. The second-order valence-electron chi connectivity index (χ2n) is 5.36. The molecule has 1 aromatic heterocycles. The molecule has 5 heteroatoms. The molecule has 21 heavy (non-hydrogen) atoms. The average Bonchev–Trinajstić information content (AvgIpc) is 2.91. The topological polar surface area (TPSA) is 42.4 Å². The first-order valence-electron chi connectivity index (χ1n) is 7.02. The smallest absolute Gasteiger partial charge is 0.254 e. The van der Waals surface area contributed by atoms with E-state index in [1.807, 2.05) is 38.2 Å². The van der Waals surface area contributed by atoms with Crippen LogP contribution in [0.15, 0.2) is 30.3 Å². The fraction of sp³-hybridized carbons (Fsp3) is 0.375. The Bertz CT molecular complexity index is 689. The van der Waals surface area contributed by atoms with Crippen LogP contribution in [-0.2, 0) is 4.74 Å². The van der Waals surface area contributed by atoms with Crippen molar-refractivity contribution >= 4 is 28.4 Å². The number of pyridine rings is 1. The molecule has 1 amide bonds. The van der Waals surface area contributed by atoms with Crippen LogP contribution in [0.2, 0.25) is 5.15 Å². The van der Waals surface area contributed by atoms with Crippen molar-refractivity contribution in [2.45, 2.75) is 25.5 Å². The molecule has 1 fully saturated rings. The third-order valence-corrected chi connectivity index (χ3v) is 4.26. The number of halogens is 1. The highest BCUT2D eigenvalue weighted by molar-refractivity contribution is 6.30. The quantitative estimate of drug-likeness (QED) is 0.801. The number of ether oxygens (including phenoxy) is 1. The Morgan fingerprint density at radius 2 is 2.19 bits per heavy atom. The molecule has 1 aromatic carbocycles. The van der Waals surface area contributed by atoms with Crippen LogP contribution in [0.4, 0.5) is 0 Å².